The highest BCUT2D eigenvalue weighted by molar-refractivity contribution is 5.97. The molecule has 5 nitrogen and oxygen atoms in total. The molecule has 1 saturated heterocycles. The first-order chi connectivity index (χ1) is 13.2. The molecule has 1 aromatic heterocycles. The van der Waals surface area contributed by atoms with Crippen molar-refractivity contribution >= 4 is 16.8 Å². The lowest BCUT2D eigenvalue weighted by Gasteiger charge is -2.20. The molecule has 3 aromatic rings. The zero-order chi connectivity index (χ0) is 18.6. The molecule has 4 rings (SSSR count). The summed E-state index contributed by atoms with van der Waals surface area (Å²) >= 11 is 0. The highest BCUT2D eigenvalue weighted by atomic mass is 16.5. The summed E-state index contributed by atoms with van der Waals surface area (Å²) in [6.07, 6.45) is 6.49. The predicted molar refractivity (Wildman–Crippen MR) is 106 cm³/mol. The van der Waals surface area contributed by atoms with E-state index in [9.17, 15) is 4.79 Å². The van der Waals surface area contributed by atoms with Gasteiger partial charge in [-0.25, -0.2) is 0 Å². The van der Waals surface area contributed by atoms with Crippen LogP contribution in [0, 0.1) is 0 Å². The molecule has 0 spiro atoms. The molecule has 0 saturated carbocycles. The second-order valence-electron chi connectivity index (χ2n) is 7.13. The van der Waals surface area contributed by atoms with Gasteiger partial charge in [-0.2, -0.15) is 5.10 Å². The van der Waals surface area contributed by atoms with Gasteiger partial charge in [-0.05, 0) is 42.7 Å². The molecule has 1 amide bonds. The number of carbonyl (C=O) groups is 1. The quantitative estimate of drug-likeness (QED) is 0.701. The van der Waals surface area contributed by atoms with E-state index in [1.165, 1.54) is 12.8 Å². The van der Waals surface area contributed by atoms with Crippen molar-refractivity contribution in [1.29, 1.82) is 0 Å². The van der Waals surface area contributed by atoms with Crippen LogP contribution in [0.3, 0.4) is 0 Å². The smallest absolute Gasteiger partial charge is 0.253 e. The first kappa shape index (κ1) is 17.6. The predicted octanol–water partition coefficient (Wildman–Crippen LogP) is 4.11. The first-order valence-electron chi connectivity index (χ1n) is 9.62. The monoisotopic (exact) mass is 363 g/mol. The van der Waals surface area contributed by atoms with Crippen molar-refractivity contribution < 1.29 is 9.53 Å². The van der Waals surface area contributed by atoms with Crippen LogP contribution in [-0.2, 0) is 6.54 Å². The average molecular weight is 363 g/mol. The third-order valence-electron chi connectivity index (χ3n) is 5.25. The van der Waals surface area contributed by atoms with Crippen molar-refractivity contribution in [1.82, 2.24) is 14.7 Å². The fraction of sp³-hybridized carbons (Fsp3) is 0.364. The zero-order valence-corrected chi connectivity index (χ0v) is 15.7. The Kier molecular flexibility index (Phi) is 5.10. The maximum Gasteiger partial charge on any atom is 0.253 e. The van der Waals surface area contributed by atoms with E-state index in [1.54, 1.807) is 7.11 Å². The third-order valence-corrected chi connectivity index (χ3v) is 5.25. The van der Waals surface area contributed by atoms with Crippen LogP contribution in [-0.4, -0.2) is 40.8 Å². The minimum atomic E-state index is 0.132. The zero-order valence-electron chi connectivity index (χ0n) is 15.7. The van der Waals surface area contributed by atoms with Crippen molar-refractivity contribution in [3.63, 3.8) is 0 Å². The molecule has 0 aliphatic carbocycles. The summed E-state index contributed by atoms with van der Waals surface area (Å²) in [6, 6.07) is 13.9. The number of amides is 1. The molecule has 140 valence electrons. The molecule has 1 fully saturated rings. The van der Waals surface area contributed by atoms with E-state index in [4.69, 9.17) is 4.74 Å². The summed E-state index contributed by atoms with van der Waals surface area (Å²) in [6.45, 7) is 2.36. The number of aromatic nitrogens is 2. The normalized spacial score (nSPS) is 14.9. The molecule has 5 heteroatoms. The number of hydrogen-bond acceptors (Lipinski definition) is 3. The van der Waals surface area contributed by atoms with E-state index in [0.29, 0.717) is 6.54 Å². The second-order valence-corrected chi connectivity index (χ2v) is 7.13. The van der Waals surface area contributed by atoms with Gasteiger partial charge in [0, 0.05) is 24.0 Å². The lowest BCUT2D eigenvalue weighted by Crippen LogP contribution is -2.31. The van der Waals surface area contributed by atoms with Crippen molar-refractivity contribution in [3.05, 3.63) is 59.8 Å². The van der Waals surface area contributed by atoms with Crippen molar-refractivity contribution in [2.75, 3.05) is 20.2 Å². The number of methoxy groups -OCH3 is 1. The summed E-state index contributed by atoms with van der Waals surface area (Å²) in [4.78, 5) is 14.9. The minimum Gasteiger partial charge on any atom is -0.497 e. The lowest BCUT2D eigenvalue weighted by atomic mass is 10.1. The summed E-state index contributed by atoms with van der Waals surface area (Å²) in [5.74, 6) is 0.967. The van der Waals surface area contributed by atoms with Crippen LogP contribution in [0.5, 0.6) is 5.75 Å². The van der Waals surface area contributed by atoms with Crippen LogP contribution in [0.1, 0.15) is 41.6 Å². The Labute approximate surface area is 159 Å². The molecule has 0 unspecified atom stereocenters. The van der Waals surface area contributed by atoms with Gasteiger partial charge in [-0.1, -0.05) is 31.0 Å². The fourth-order valence-electron chi connectivity index (χ4n) is 3.73. The summed E-state index contributed by atoms with van der Waals surface area (Å²) in [5.41, 5.74) is 2.85. The number of carbonyl (C=O) groups excluding carboxylic acids is 1. The highest BCUT2D eigenvalue weighted by Gasteiger charge is 2.18. The Morgan fingerprint density at radius 1 is 1.07 bits per heavy atom. The van der Waals surface area contributed by atoms with Crippen molar-refractivity contribution in [2.45, 2.75) is 32.2 Å². The number of hydrogen-bond donors (Lipinski definition) is 0. The Balaban J connectivity index is 1.61. The minimum absolute atomic E-state index is 0.132. The SMILES string of the molecule is COc1cccc(Cn2ncc3ccc(C(=O)N4CCCCCC4)cc32)c1. The highest BCUT2D eigenvalue weighted by Crippen LogP contribution is 2.21. The molecule has 2 heterocycles. The molecular formula is C22H25N3O2. The first-order valence-corrected chi connectivity index (χ1v) is 9.62. The van der Waals surface area contributed by atoms with Crippen LogP contribution in [0.2, 0.25) is 0 Å². The van der Waals surface area contributed by atoms with Gasteiger partial charge in [0.2, 0.25) is 0 Å². The third kappa shape index (κ3) is 3.82. The van der Waals surface area contributed by atoms with E-state index in [2.05, 4.69) is 11.2 Å². The van der Waals surface area contributed by atoms with Crippen molar-refractivity contribution in [3.8, 4) is 5.75 Å². The van der Waals surface area contributed by atoms with Crippen LogP contribution >= 0.6 is 0 Å². The maximum absolute atomic E-state index is 13.0. The topological polar surface area (TPSA) is 47.4 Å². The van der Waals surface area contributed by atoms with Gasteiger partial charge in [0.15, 0.2) is 0 Å². The number of benzene rings is 2. The summed E-state index contributed by atoms with van der Waals surface area (Å²) in [5, 5.41) is 5.57. The Bertz CT molecular complexity index is 940. The average Bonchev–Trinajstić information content (AvgIpc) is 2.92. The molecular weight excluding hydrogens is 338 g/mol. The Morgan fingerprint density at radius 2 is 1.89 bits per heavy atom. The van der Waals surface area contributed by atoms with Gasteiger partial charge in [0.1, 0.15) is 5.75 Å². The largest absolute Gasteiger partial charge is 0.497 e. The Morgan fingerprint density at radius 3 is 2.67 bits per heavy atom. The molecule has 0 radical (unpaired) electrons. The van der Waals surface area contributed by atoms with E-state index >= 15 is 0 Å². The van der Waals surface area contributed by atoms with Gasteiger partial charge in [-0.3, -0.25) is 9.48 Å². The molecule has 0 N–H and O–H groups in total. The van der Waals surface area contributed by atoms with Gasteiger partial charge in [-0.15, -0.1) is 0 Å². The van der Waals surface area contributed by atoms with E-state index in [1.807, 2.05) is 52.2 Å². The number of rotatable bonds is 4. The van der Waals surface area contributed by atoms with Crippen LogP contribution in [0.4, 0.5) is 0 Å². The number of ether oxygens (including phenoxy) is 1. The van der Waals surface area contributed by atoms with Crippen LogP contribution in [0.25, 0.3) is 10.9 Å². The summed E-state index contributed by atoms with van der Waals surface area (Å²) in [7, 11) is 1.67. The number of likely N-dealkylation sites (tertiary alicyclic amines) is 1. The molecule has 0 bridgehead atoms. The van der Waals surface area contributed by atoms with Gasteiger partial charge >= 0.3 is 0 Å². The molecule has 0 atom stereocenters. The van der Waals surface area contributed by atoms with Gasteiger partial charge in [0.05, 0.1) is 25.4 Å². The lowest BCUT2D eigenvalue weighted by molar-refractivity contribution is 0.0762. The van der Waals surface area contributed by atoms with E-state index in [0.717, 1.165) is 53.7 Å². The molecule has 27 heavy (non-hydrogen) atoms. The van der Waals surface area contributed by atoms with E-state index < -0.39 is 0 Å². The van der Waals surface area contributed by atoms with Crippen LogP contribution < -0.4 is 4.74 Å². The maximum atomic E-state index is 13.0. The Hall–Kier alpha value is -2.82. The molecule has 1 aliphatic heterocycles. The summed E-state index contributed by atoms with van der Waals surface area (Å²) < 4.78 is 7.26. The van der Waals surface area contributed by atoms with Gasteiger partial charge in [0.25, 0.3) is 5.91 Å². The van der Waals surface area contributed by atoms with Crippen molar-refractivity contribution in [2.24, 2.45) is 0 Å². The number of nitrogens with zero attached hydrogens (tertiary/aromatic N) is 3. The second kappa shape index (κ2) is 7.82. The van der Waals surface area contributed by atoms with Crippen LogP contribution in [0.15, 0.2) is 48.7 Å². The number of fused-ring (bicyclic) bond motifs is 1. The van der Waals surface area contributed by atoms with Gasteiger partial charge < -0.3 is 9.64 Å². The van der Waals surface area contributed by atoms with E-state index in [-0.39, 0.29) is 5.91 Å². The molecule has 2 aromatic carbocycles. The molecule has 1 aliphatic rings. The fourth-order valence-corrected chi connectivity index (χ4v) is 3.73. The standard InChI is InChI=1S/C22H25N3O2/c1-27-20-8-6-7-17(13-20)16-25-21-14-18(9-10-19(21)15-23-25)22(26)24-11-4-2-3-5-12-24/h6-10,13-15H,2-5,11-12,16H2,1H3.